The summed E-state index contributed by atoms with van der Waals surface area (Å²) < 4.78 is 32.2. The molecule has 0 fully saturated rings. The molecule has 0 heterocycles. The van der Waals surface area contributed by atoms with E-state index in [0.717, 1.165) is 12.1 Å². The highest BCUT2D eigenvalue weighted by atomic mass is 19.2. The van der Waals surface area contributed by atoms with Crippen molar-refractivity contribution in [1.82, 2.24) is 0 Å². The second-order valence-electron chi connectivity index (χ2n) is 3.76. The van der Waals surface area contributed by atoms with Gasteiger partial charge in [-0.05, 0) is 19.9 Å². The number of halogens is 2. The molecule has 0 aliphatic heterocycles. The molecule has 0 saturated heterocycles. The van der Waals surface area contributed by atoms with E-state index >= 15 is 0 Å². The van der Waals surface area contributed by atoms with Crippen molar-refractivity contribution in [3.63, 3.8) is 0 Å². The number of nitrogens with zero attached hydrogens (tertiary/aromatic N) is 2. The third-order valence-corrected chi connectivity index (χ3v) is 2.65. The molecule has 0 aliphatic rings. The van der Waals surface area contributed by atoms with Crippen molar-refractivity contribution in [2.24, 2.45) is 0 Å². The molecule has 0 N–H and O–H groups in total. The van der Waals surface area contributed by atoms with E-state index in [9.17, 15) is 18.9 Å². The van der Waals surface area contributed by atoms with Gasteiger partial charge >= 0.3 is 0 Å². The van der Waals surface area contributed by atoms with Gasteiger partial charge in [0.1, 0.15) is 0 Å². The van der Waals surface area contributed by atoms with Gasteiger partial charge in [0.2, 0.25) is 0 Å². The van der Waals surface area contributed by atoms with Crippen molar-refractivity contribution < 1.29 is 18.4 Å². The van der Waals surface area contributed by atoms with Crippen LogP contribution in [0.4, 0.5) is 20.2 Å². The van der Waals surface area contributed by atoms with Crippen molar-refractivity contribution in [2.45, 2.75) is 13.8 Å². The minimum Gasteiger partial charge on any atom is -0.380 e. The SMILES string of the molecule is CCOCCN(CC)c1c([N+](=O)[O-])ccc(F)c1F. The summed E-state index contributed by atoms with van der Waals surface area (Å²) in [5, 5.41) is 10.9. The number of ether oxygens (including phenoxy) is 1. The molecule has 0 unspecified atom stereocenters. The molecule has 0 spiro atoms. The Labute approximate surface area is 109 Å². The molecule has 0 bridgehead atoms. The Morgan fingerprint density at radius 2 is 2.05 bits per heavy atom. The molecule has 0 radical (unpaired) electrons. The van der Waals surface area contributed by atoms with Crippen molar-refractivity contribution in [3.8, 4) is 0 Å². The smallest absolute Gasteiger partial charge is 0.295 e. The Hall–Kier alpha value is -1.76. The third kappa shape index (κ3) is 3.60. The number of benzene rings is 1. The van der Waals surface area contributed by atoms with Gasteiger partial charge in [0.15, 0.2) is 17.3 Å². The normalized spacial score (nSPS) is 10.5. The van der Waals surface area contributed by atoms with Crippen LogP contribution in [0.3, 0.4) is 0 Å². The van der Waals surface area contributed by atoms with Crippen molar-refractivity contribution in [3.05, 3.63) is 33.9 Å². The Balaban J connectivity index is 3.13. The first-order valence-corrected chi connectivity index (χ1v) is 5.98. The Kier molecular flexibility index (Phi) is 5.62. The van der Waals surface area contributed by atoms with Gasteiger partial charge in [0.25, 0.3) is 5.69 Å². The molecule has 0 saturated carbocycles. The van der Waals surface area contributed by atoms with E-state index in [1.54, 1.807) is 6.92 Å². The fraction of sp³-hybridized carbons (Fsp3) is 0.500. The fourth-order valence-corrected chi connectivity index (χ4v) is 1.73. The lowest BCUT2D eigenvalue weighted by molar-refractivity contribution is -0.384. The zero-order valence-corrected chi connectivity index (χ0v) is 10.9. The zero-order chi connectivity index (χ0) is 14.4. The first kappa shape index (κ1) is 15.3. The minimum absolute atomic E-state index is 0.256. The Bertz CT molecular complexity index is 455. The maximum Gasteiger partial charge on any atom is 0.295 e. The van der Waals surface area contributed by atoms with Crippen LogP contribution in [0.1, 0.15) is 13.8 Å². The first-order chi connectivity index (χ1) is 9.02. The van der Waals surface area contributed by atoms with Crippen LogP contribution in [0, 0.1) is 21.7 Å². The lowest BCUT2D eigenvalue weighted by atomic mass is 10.2. The van der Waals surface area contributed by atoms with E-state index < -0.39 is 22.2 Å². The third-order valence-electron chi connectivity index (χ3n) is 2.65. The fourth-order valence-electron chi connectivity index (χ4n) is 1.73. The van der Waals surface area contributed by atoms with E-state index in [0.29, 0.717) is 13.2 Å². The molecule has 0 aromatic heterocycles. The van der Waals surface area contributed by atoms with Crippen LogP contribution in [-0.4, -0.2) is 31.2 Å². The number of likely N-dealkylation sites (N-methyl/N-ethyl adjacent to an activating group) is 1. The Morgan fingerprint density at radius 3 is 2.58 bits per heavy atom. The molecule has 7 heteroatoms. The average Bonchev–Trinajstić information content (AvgIpc) is 2.38. The molecule has 1 aromatic rings. The largest absolute Gasteiger partial charge is 0.380 e. The van der Waals surface area contributed by atoms with Crippen LogP contribution in [-0.2, 0) is 4.74 Å². The number of rotatable bonds is 7. The van der Waals surface area contributed by atoms with Gasteiger partial charge in [0.05, 0.1) is 11.5 Å². The van der Waals surface area contributed by atoms with E-state index in [1.165, 1.54) is 4.90 Å². The van der Waals surface area contributed by atoms with Gasteiger partial charge in [0, 0.05) is 25.8 Å². The molecule has 1 rings (SSSR count). The van der Waals surface area contributed by atoms with Gasteiger partial charge in [-0.1, -0.05) is 0 Å². The maximum atomic E-state index is 13.8. The summed E-state index contributed by atoms with van der Waals surface area (Å²) in [4.78, 5) is 11.6. The van der Waals surface area contributed by atoms with Crippen LogP contribution in [0.25, 0.3) is 0 Å². The molecule has 5 nitrogen and oxygen atoms in total. The van der Waals surface area contributed by atoms with Crippen LogP contribution in [0.2, 0.25) is 0 Å². The summed E-state index contributed by atoms with van der Waals surface area (Å²) in [5.74, 6) is -2.30. The summed E-state index contributed by atoms with van der Waals surface area (Å²) in [6.45, 7) is 4.87. The maximum absolute atomic E-state index is 13.8. The molecule has 0 atom stereocenters. The van der Waals surface area contributed by atoms with Crippen LogP contribution in [0.5, 0.6) is 0 Å². The summed E-state index contributed by atoms with van der Waals surface area (Å²) >= 11 is 0. The average molecular weight is 274 g/mol. The van der Waals surface area contributed by atoms with E-state index in [1.807, 2.05) is 6.92 Å². The van der Waals surface area contributed by atoms with Crippen LogP contribution >= 0.6 is 0 Å². The predicted octanol–water partition coefficient (Wildman–Crippen LogP) is 2.74. The van der Waals surface area contributed by atoms with Crippen LogP contribution < -0.4 is 4.90 Å². The number of hydrogen-bond donors (Lipinski definition) is 0. The molecular formula is C12H16F2N2O3. The highest BCUT2D eigenvalue weighted by Crippen LogP contribution is 2.32. The lowest BCUT2D eigenvalue weighted by Gasteiger charge is -2.23. The minimum atomic E-state index is -1.20. The zero-order valence-electron chi connectivity index (χ0n) is 10.9. The van der Waals surface area contributed by atoms with Gasteiger partial charge in [-0.25, -0.2) is 8.78 Å². The first-order valence-electron chi connectivity index (χ1n) is 5.98. The highest BCUT2D eigenvalue weighted by Gasteiger charge is 2.25. The van der Waals surface area contributed by atoms with Crippen molar-refractivity contribution in [2.75, 3.05) is 31.2 Å². The molecule has 0 aliphatic carbocycles. The van der Waals surface area contributed by atoms with Gasteiger partial charge in [-0.3, -0.25) is 10.1 Å². The summed E-state index contributed by atoms with van der Waals surface area (Å²) in [6, 6.07) is 1.73. The topological polar surface area (TPSA) is 55.6 Å². The molecule has 1 aromatic carbocycles. The van der Waals surface area contributed by atoms with Gasteiger partial charge in [-0.2, -0.15) is 0 Å². The Morgan fingerprint density at radius 1 is 1.37 bits per heavy atom. The second kappa shape index (κ2) is 6.98. The number of anilines is 1. The number of hydrogen-bond acceptors (Lipinski definition) is 4. The van der Waals surface area contributed by atoms with Crippen LogP contribution in [0.15, 0.2) is 12.1 Å². The van der Waals surface area contributed by atoms with Crippen molar-refractivity contribution >= 4 is 11.4 Å². The van der Waals surface area contributed by atoms with E-state index in [-0.39, 0.29) is 18.8 Å². The van der Waals surface area contributed by atoms with Crippen molar-refractivity contribution in [1.29, 1.82) is 0 Å². The van der Waals surface area contributed by atoms with E-state index in [4.69, 9.17) is 4.74 Å². The monoisotopic (exact) mass is 274 g/mol. The number of nitro groups is 1. The predicted molar refractivity (Wildman–Crippen MR) is 67.4 cm³/mol. The molecular weight excluding hydrogens is 258 g/mol. The summed E-state index contributed by atoms with van der Waals surface area (Å²) in [6.07, 6.45) is 0. The molecule has 0 amide bonds. The van der Waals surface area contributed by atoms with Gasteiger partial charge < -0.3 is 9.64 Å². The summed E-state index contributed by atoms with van der Waals surface area (Å²) in [5.41, 5.74) is -0.774. The van der Waals surface area contributed by atoms with E-state index in [2.05, 4.69) is 0 Å². The number of nitro benzene ring substituents is 1. The highest BCUT2D eigenvalue weighted by molar-refractivity contribution is 5.64. The van der Waals surface area contributed by atoms with Gasteiger partial charge in [-0.15, -0.1) is 0 Å². The molecule has 106 valence electrons. The second-order valence-corrected chi connectivity index (χ2v) is 3.76. The standard InChI is InChI=1S/C12H16F2N2O3/c1-3-15(7-8-19-4-2)12-10(16(17)18)6-5-9(13)11(12)14/h5-6H,3-4,7-8H2,1-2H3. The molecule has 19 heavy (non-hydrogen) atoms. The quantitative estimate of drug-likeness (QED) is 0.436. The lowest BCUT2D eigenvalue weighted by Crippen LogP contribution is -2.29. The summed E-state index contributed by atoms with van der Waals surface area (Å²) in [7, 11) is 0.